The predicted molar refractivity (Wildman–Crippen MR) is 240 cm³/mol. The molecule has 0 saturated heterocycles. The van der Waals surface area contributed by atoms with Crippen LogP contribution in [0.25, 0.3) is 0 Å². The first-order chi connectivity index (χ1) is 27.0. The highest BCUT2D eigenvalue weighted by atomic mass is 31.2. The lowest BCUT2D eigenvalue weighted by molar-refractivity contribution is -0.870. The van der Waals surface area contributed by atoms with Crippen LogP contribution < -0.4 is 5.32 Å². The molecule has 1 amide bonds. The number of phosphoric acid groups is 1. The molecule has 0 aromatic carbocycles. The van der Waals surface area contributed by atoms with Crippen molar-refractivity contribution in [2.24, 2.45) is 0 Å². The molecule has 0 radical (unpaired) electrons. The maximum absolute atomic E-state index is 12.9. The fourth-order valence-corrected chi connectivity index (χ4v) is 7.32. The van der Waals surface area contributed by atoms with Gasteiger partial charge in [-0.15, -0.1) is 0 Å². The quantitative estimate of drug-likeness (QED) is 0.0245. The minimum Gasteiger partial charge on any atom is -0.387 e. The number of phosphoric ester groups is 1. The number of carbonyl (C=O) groups excluding carboxylic acids is 1. The summed E-state index contributed by atoms with van der Waals surface area (Å²) in [6.07, 6.45) is 48.0. The third kappa shape index (κ3) is 40.9. The van der Waals surface area contributed by atoms with Crippen molar-refractivity contribution in [2.45, 2.75) is 219 Å². The van der Waals surface area contributed by atoms with Gasteiger partial charge in [0.15, 0.2) is 0 Å². The number of allylic oxidation sites excluding steroid dienone is 5. The van der Waals surface area contributed by atoms with E-state index in [-0.39, 0.29) is 19.1 Å². The summed E-state index contributed by atoms with van der Waals surface area (Å²) in [5.41, 5.74) is 0. The number of nitrogens with one attached hydrogen (secondary N) is 1. The van der Waals surface area contributed by atoms with Gasteiger partial charge in [0, 0.05) is 6.42 Å². The zero-order valence-corrected chi connectivity index (χ0v) is 38.3. The van der Waals surface area contributed by atoms with Crippen LogP contribution in [0.4, 0.5) is 0 Å². The molecule has 3 unspecified atom stereocenters. The van der Waals surface area contributed by atoms with Gasteiger partial charge in [-0.3, -0.25) is 13.8 Å². The van der Waals surface area contributed by atoms with Gasteiger partial charge in [0.05, 0.1) is 39.9 Å². The van der Waals surface area contributed by atoms with Crippen molar-refractivity contribution < 1.29 is 32.9 Å². The number of carbonyl (C=O) groups is 1. The number of rotatable bonds is 42. The summed E-state index contributed by atoms with van der Waals surface area (Å²) >= 11 is 0. The van der Waals surface area contributed by atoms with Gasteiger partial charge in [0.25, 0.3) is 0 Å². The van der Waals surface area contributed by atoms with Crippen LogP contribution in [0, 0.1) is 0 Å². The van der Waals surface area contributed by atoms with E-state index in [1.165, 1.54) is 148 Å². The SMILES string of the molecule is CCCCCCC/C=C/CC/C=C/C(O)C(COP(=O)(O)OCC[N+](C)(C)C)NC(=O)CCCCCCCCCCCCC/C=C\CCCCCCCCCC. The zero-order valence-electron chi connectivity index (χ0n) is 37.4. The van der Waals surface area contributed by atoms with Gasteiger partial charge < -0.3 is 19.8 Å². The molecule has 0 fully saturated rings. The van der Waals surface area contributed by atoms with E-state index < -0.39 is 20.0 Å². The second-order valence-corrected chi connectivity index (χ2v) is 18.6. The normalized spacial score (nSPS) is 14.6. The Bertz CT molecular complexity index is 1010. The van der Waals surface area contributed by atoms with Crippen molar-refractivity contribution >= 4 is 13.7 Å². The molecule has 8 nitrogen and oxygen atoms in total. The highest BCUT2D eigenvalue weighted by Gasteiger charge is 2.27. The maximum atomic E-state index is 12.9. The van der Waals surface area contributed by atoms with Crippen LogP contribution in [-0.4, -0.2) is 73.4 Å². The van der Waals surface area contributed by atoms with Crippen molar-refractivity contribution in [3.8, 4) is 0 Å². The molecule has 0 spiro atoms. The first-order valence-corrected chi connectivity index (χ1v) is 24.9. The molecule has 3 atom stereocenters. The summed E-state index contributed by atoms with van der Waals surface area (Å²) < 4.78 is 23.5. The number of amides is 1. The number of aliphatic hydroxyl groups excluding tert-OH is 1. The zero-order chi connectivity index (χ0) is 41.4. The Labute approximate surface area is 347 Å². The van der Waals surface area contributed by atoms with Gasteiger partial charge in [0.1, 0.15) is 13.2 Å². The Kier molecular flexibility index (Phi) is 38.3. The van der Waals surface area contributed by atoms with Crippen LogP contribution in [0.2, 0.25) is 0 Å². The van der Waals surface area contributed by atoms with Crippen molar-refractivity contribution in [3.63, 3.8) is 0 Å². The lowest BCUT2D eigenvalue weighted by Crippen LogP contribution is -2.45. The van der Waals surface area contributed by atoms with Crippen LogP contribution in [0.5, 0.6) is 0 Å². The lowest BCUT2D eigenvalue weighted by Gasteiger charge is -2.25. The van der Waals surface area contributed by atoms with E-state index in [1.807, 2.05) is 27.2 Å². The molecule has 9 heteroatoms. The Morgan fingerprint density at radius 3 is 1.43 bits per heavy atom. The van der Waals surface area contributed by atoms with Crippen LogP contribution in [0.3, 0.4) is 0 Å². The second kappa shape index (κ2) is 39.2. The monoisotopic (exact) mass is 812 g/mol. The van der Waals surface area contributed by atoms with Crippen LogP contribution in [0.1, 0.15) is 206 Å². The Morgan fingerprint density at radius 2 is 0.982 bits per heavy atom. The highest BCUT2D eigenvalue weighted by Crippen LogP contribution is 2.43. The van der Waals surface area contributed by atoms with Gasteiger partial charge >= 0.3 is 7.82 Å². The number of aliphatic hydroxyl groups is 1. The Balaban J connectivity index is 4.26. The summed E-state index contributed by atoms with van der Waals surface area (Å²) in [6, 6.07) is -0.860. The standard InChI is InChI=1S/C47H91N2O6P/c1-6-8-10-12-14-16-18-19-20-21-22-23-24-25-26-27-28-29-31-33-35-37-39-41-47(51)48-45(44-55-56(52,53)54-43-42-49(3,4)5)46(50)40-38-36-34-32-30-17-15-13-11-9-7-2/h21-22,30,32,38,40,45-46,50H,6-20,23-29,31,33-37,39,41-44H2,1-5H3,(H-,48,51,52,53)/p+1/b22-21-,32-30+,40-38+. The molecule has 0 aromatic heterocycles. The summed E-state index contributed by atoms with van der Waals surface area (Å²) in [7, 11) is 1.55. The van der Waals surface area contributed by atoms with Gasteiger partial charge in [-0.1, -0.05) is 179 Å². The molecule has 56 heavy (non-hydrogen) atoms. The largest absolute Gasteiger partial charge is 0.472 e. The molecule has 0 aliphatic carbocycles. The summed E-state index contributed by atoms with van der Waals surface area (Å²) in [6.45, 7) is 4.77. The molecular formula is C47H92N2O6P+. The van der Waals surface area contributed by atoms with E-state index >= 15 is 0 Å². The number of likely N-dealkylation sites (N-methyl/N-ethyl adjacent to an activating group) is 1. The van der Waals surface area contributed by atoms with E-state index in [0.717, 1.165) is 38.5 Å². The van der Waals surface area contributed by atoms with Crippen molar-refractivity contribution in [1.82, 2.24) is 5.32 Å². The molecule has 0 saturated carbocycles. The number of quaternary nitrogens is 1. The molecule has 330 valence electrons. The summed E-state index contributed by atoms with van der Waals surface area (Å²) in [5.74, 6) is -0.189. The van der Waals surface area contributed by atoms with E-state index in [9.17, 15) is 19.4 Å². The van der Waals surface area contributed by atoms with E-state index in [2.05, 4.69) is 43.5 Å². The predicted octanol–water partition coefficient (Wildman–Crippen LogP) is 13.1. The Morgan fingerprint density at radius 1 is 0.589 bits per heavy atom. The van der Waals surface area contributed by atoms with Gasteiger partial charge in [-0.2, -0.15) is 0 Å². The maximum Gasteiger partial charge on any atom is 0.472 e. The van der Waals surface area contributed by atoms with Gasteiger partial charge in [-0.25, -0.2) is 4.57 Å². The minimum absolute atomic E-state index is 0.0561. The average molecular weight is 812 g/mol. The van der Waals surface area contributed by atoms with E-state index in [1.54, 1.807) is 6.08 Å². The fourth-order valence-electron chi connectivity index (χ4n) is 6.58. The first kappa shape index (κ1) is 54.7. The molecule has 0 aromatic rings. The number of hydrogen-bond acceptors (Lipinski definition) is 5. The molecule has 0 aliphatic rings. The van der Waals surface area contributed by atoms with Crippen LogP contribution in [0.15, 0.2) is 36.5 Å². The fraction of sp³-hybridized carbons (Fsp3) is 0.851. The Hall–Kier alpha value is -1.28. The molecule has 3 N–H and O–H groups in total. The summed E-state index contributed by atoms with van der Waals surface area (Å²) in [5, 5.41) is 13.8. The minimum atomic E-state index is -4.34. The van der Waals surface area contributed by atoms with Crippen molar-refractivity contribution in [3.05, 3.63) is 36.5 Å². The second-order valence-electron chi connectivity index (χ2n) is 17.1. The average Bonchev–Trinajstić information content (AvgIpc) is 3.15. The number of nitrogens with zero attached hydrogens (tertiary/aromatic N) is 1. The van der Waals surface area contributed by atoms with E-state index in [0.29, 0.717) is 17.4 Å². The van der Waals surface area contributed by atoms with Gasteiger partial charge in [0.2, 0.25) is 5.91 Å². The third-order valence-corrected chi connectivity index (χ3v) is 11.3. The summed E-state index contributed by atoms with van der Waals surface area (Å²) in [4.78, 5) is 23.1. The topological polar surface area (TPSA) is 105 Å². The number of unbranched alkanes of at least 4 members (excludes halogenated alkanes) is 25. The molecule has 0 heterocycles. The van der Waals surface area contributed by atoms with Gasteiger partial charge in [-0.05, 0) is 57.8 Å². The third-order valence-electron chi connectivity index (χ3n) is 10.3. The van der Waals surface area contributed by atoms with Crippen LogP contribution in [-0.2, 0) is 18.4 Å². The molecule has 0 aliphatic heterocycles. The van der Waals surface area contributed by atoms with Crippen LogP contribution >= 0.6 is 7.82 Å². The van der Waals surface area contributed by atoms with E-state index in [4.69, 9.17) is 9.05 Å². The molecule has 0 bridgehead atoms. The smallest absolute Gasteiger partial charge is 0.387 e. The van der Waals surface area contributed by atoms with Crippen molar-refractivity contribution in [2.75, 3.05) is 40.9 Å². The van der Waals surface area contributed by atoms with Crippen molar-refractivity contribution in [1.29, 1.82) is 0 Å². The lowest BCUT2D eigenvalue weighted by atomic mass is 10.0. The first-order valence-electron chi connectivity index (χ1n) is 23.4. The number of hydrogen-bond donors (Lipinski definition) is 3. The molecular weight excluding hydrogens is 719 g/mol. The highest BCUT2D eigenvalue weighted by molar-refractivity contribution is 7.47. The molecule has 0 rings (SSSR count).